The van der Waals surface area contributed by atoms with Crippen LogP contribution in [0.15, 0.2) is 4.42 Å². The minimum atomic E-state index is 0.0404. The lowest BCUT2D eigenvalue weighted by atomic mass is 10.2. The Morgan fingerprint density at radius 1 is 1.47 bits per heavy atom. The van der Waals surface area contributed by atoms with Crippen LogP contribution >= 0.6 is 0 Å². The van der Waals surface area contributed by atoms with E-state index in [2.05, 4.69) is 15.5 Å². The molecule has 0 aliphatic carbocycles. The lowest BCUT2D eigenvalue weighted by Crippen LogP contribution is -2.24. The van der Waals surface area contributed by atoms with Crippen LogP contribution in [0.2, 0.25) is 0 Å². The maximum atomic E-state index is 10.9. The number of carbonyl (C=O) groups is 1. The molecule has 0 fully saturated rings. The van der Waals surface area contributed by atoms with Gasteiger partial charge in [-0.2, -0.15) is 0 Å². The highest BCUT2D eigenvalue weighted by atomic mass is 16.4. The molecule has 0 spiro atoms. The van der Waals surface area contributed by atoms with E-state index in [-0.39, 0.29) is 11.8 Å². The van der Waals surface area contributed by atoms with Crippen molar-refractivity contribution in [3.8, 4) is 0 Å². The molecular formula is C10H17N3O2. The predicted octanol–water partition coefficient (Wildman–Crippen LogP) is 1.26. The first-order valence-electron chi connectivity index (χ1n) is 5.22. The van der Waals surface area contributed by atoms with Gasteiger partial charge in [-0.15, -0.1) is 10.2 Å². The van der Waals surface area contributed by atoms with Crippen molar-refractivity contribution in [1.82, 2.24) is 15.5 Å². The molecule has 1 heterocycles. The third-order valence-corrected chi connectivity index (χ3v) is 1.96. The van der Waals surface area contributed by atoms with Crippen LogP contribution in [0.5, 0.6) is 0 Å². The van der Waals surface area contributed by atoms with Crippen molar-refractivity contribution in [1.29, 1.82) is 0 Å². The van der Waals surface area contributed by atoms with Gasteiger partial charge in [0.1, 0.15) is 0 Å². The highest BCUT2D eigenvalue weighted by Gasteiger charge is 2.09. The molecular weight excluding hydrogens is 194 g/mol. The summed E-state index contributed by atoms with van der Waals surface area (Å²) in [5.74, 6) is 1.51. The molecule has 0 unspecified atom stereocenters. The number of hydrogen-bond acceptors (Lipinski definition) is 4. The van der Waals surface area contributed by atoms with Gasteiger partial charge in [0, 0.05) is 25.3 Å². The number of nitrogens with zero attached hydrogens (tertiary/aromatic N) is 2. The minimum absolute atomic E-state index is 0.0404. The van der Waals surface area contributed by atoms with Crippen molar-refractivity contribution in [2.45, 2.75) is 39.5 Å². The van der Waals surface area contributed by atoms with Gasteiger partial charge in [0.2, 0.25) is 17.7 Å². The van der Waals surface area contributed by atoms with E-state index in [1.807, 2.05) is 20.8 Å². The molecule has 1 rings (SSSR count). The van der Waals surface area contributed by atoms with Crippen molar-refractivity contribution in [2.24, 2.45) is 0 Å². The smallest absolute Gasteiger partial charge is 0.219 e. The van der Waals surface area contributed by atoms with Gasteiger partial charge in [-0.25, -0.2) is 0 Å². The lowest BCUT2D eigenvalue weighted by molar-refractivity contribution is -0.120. The number of aromatic nitrogens is 2. The Kier molecular flexibility index (Phi) is 4.27. The maximum Gasteiger partial charge on any atom is 0.219 e. The molecule has 0 aliphatic rings. The van der Waals surface area contributed by atoms with Crippen LogP contribution in [0.1, 0.15) is 44.9 Å². The molecule has 0 saturated heterocycles. The fraction of sp³-hybridized carbons (Fsp3) is 0.700. The van der Waals surface area contributed by atoms with Crippen molar-refractivity contribution < 1.29 is 9.21 Å². The first-order chi connectivity index (χ1) is 7.13. The normalized spacial score (nSPS) is 10.7. The predicted molar refractivity (Wildman–Crippen MR) is 55.4 cm³/mol. The molecule has 0 saturated carbocycles. The summed E-state index contributed by atoms with van der Waals surface area (Å²) in [7, 11) is 0. The first kappa shape index (κ1) is 11.7. The molecule has 1 aromatic heterocycles. The van der Waals surface area contributed by atoms with E-state index in [1.165, 1.54) is 0 Å². The summed E-state index contributed by atoms with van der Waals surface area (Å²) in [4.78, 5) is 10.9. The molecule has 0 aromatic carbocycles. The fourth-order valence-corrected chi connectivity index (χ4v) is 1.03. The zero-order valence-corrected chi connectivity index (χ0v) is 9.41. The average molecular weight is 211 g/mol. The summed E-state index contributed by atoms with van der Waals surface area (Å²) in [5, 5.41) is 10.5. The molecule has 1 amide bonds. The summed E-state index contributed by atoms with van der Waals surface area (Å²) in [6.07, 6.45) is 1.09. The van der Waals surface area contributed by atoms with Crippen LogP contribution in [-0.4, -0.2) is 22.6 Å². The van der Waals surface area contributed by atoms with E-state index in [9.17, 15) is 4.79 Å². The number of hydrogen-bond donors (Lipinski definition) is 1. The maximum absolute atomic E-state index is 10.9. The summed E-state index contributed by atoms with van der Waals surface area (Å²) in [6, 6.07) is 0. The van der Waals surface area contributed by atoms with Crippen molar-refractivity contribution in [2.75, 3.05) is 6.54 Å². The second-order valence-corrected chi connectivity index (χ2v) is 3.64. The molecule has 1 N–H and O–H groups in total. The quantitative estimate of drug-likeness (QED) is 0.796. The van der Waals surface area contributed by atoms with Gasteiger partial charge in [-0.1, -0.05) is 20.8 Å². The van der Waals surface area contributed by atoms with E-state index >= 15 is 0 Å². The Labute approximate surface area is 89.3 Å². The van der Waals surface area contributed by atoms with E-state index < -0.39 is 0 Å². The zero-order chi connectivity index (χ0) is 11.3. The van der Waals surface area contributed by atoms with Crippen LogP contribution < -0.4 is 5.32 Å². The van der Waals surface area contributed by atoms with Crippen LogP contribution in [0.25, 0.3) is 0 Å². The van der Waals surface area contributed by atoms with Gasteiger partial charge in [-0.05, 0) is 0 Å². The summed E-state index contributed by atoms with van der Waals surface area (Å²) >= 11 is 0. The van der Waals surface area contributed by atoms with Crippen LogP contribution in [0.4, 0.5) is 0 Å². The molecule has 84 valence electrons. The molecule has 5 heteroatoms. The molecule has 0 aliphatic heterocycles. The molecule has 15 heavy (non-hydrogen) atoms. The standard InChI is InChI=1S/C10H17N3O2/c1-4-8(14)11-6-5-9-12-13-10(15-9)7(2)3/h7H,4-6H2,1-3H3,(H,11,14). The number of nitrogens with one attached hydrogen (secondary N) is 1. The van der Waals surface area contributed by atoms with Crippen LogP contribution in [-0.2, 0) is 11.2 Å². The second kappa shape index (κ2) is 5.48. The second-order valence-electron chi connectivity index (χ2n) is 3.64. The largest absolute Gasteiger partial charge is 0.425 e. The van der Waals surface area contributed by atoms with Gasteiger partial charge in [-0.3, -0.25) is 4.79 Å². The van der Waals surface area contributed by atoms with Crippen molar-refractivity contribution in [3.05, 3.63) is 11.8 Å². The topological polar surface area (TPSA) is 68.0 Å². The SMILES string of the molecule is CCC(=O)NCCc1nnc(C(C)C)o1. The molecule has 0 atom stereocenters. The first-order valence-corrected chi connectivity index (χ1v) is 5.22. The Bertz CT molecular complexity index is 320. The number of rotatable bonds is 5. The number of amides is 1. The molecule has 1 aromatic rings. The van der Waals surface area contributed by atoms with Gasteiger partial charge >= 0.3 is 0 Å². The van der Waals surface area contributed by atoms with Crippen molar-refractivity contribution >= 4 is 5.91 Å². The third-order valence-electron chi connectivity index (χ3n) is 1.96. The highest BCUT2D eigenvalue weighted by Crippen LogP contribution is 2.11. The highest BCUT2D eigenvalue weighted by molar-refractivity contribution is 5.75. The minimum Gasteiger partial charge on any atom is -0.425 e. The Morgan fingerprint density at radius 2 is 2.20 bits per heavy atom. The Hall–Kier alpha value is -1.39. The van der Waals surface area contributed by atoms with Crippen molar-refractivity contribution in [3.63, 3.8) is 0 Å². The summed E-state index contributed by atoms with van der Waals surface area (Å²) < 4.78 is 5.39. The summed E-state index contributed by atoms with van der Waals surface area (Å²) in [6.45, 7) is 6.36. The summed E-state index contributed by atoms with van der Waals surface area (Å²) in [5.41, 5.74) is 0. The monoisotopic (exact) mass is 211 g/mol. The van der Waals surface area contributed by atoms with E-state index in [4.69, 9.17) is 4.42 Å². The van der Waals surface area contributed by atoms with Crippen LogP contribution in [0, 0.1) is 0 Å². The molecule has 0 radical (unpaired) electrons. The van der Waals surface area contributed by atoms with E-state index in [0.717, 1.165) is 0 Å². The van der Waals surface area contributed by atoms with E-state index in [0.29, 0.717) is 31.2 Å². The molecule has 5 nitrogen and oxygen atoms in total. The Morgan fingerprint density at radius 3 is 2.73 bits per heavy atom. The van der Waals surface area contributed by atoms with Gasteiger partial charge in [0.05, 0.1) is 0 Å². The average Bonchev–Trinajstić information content (AvgIpc) is 2.66. The fourth-order valence-electron chi connectivity index (χ4n) is 1.03. The van der Waals surface area contributed by atoms with Gasteiger partial charge in [0.15, 0.2) is 0 Å². The lowest BCUT2D eigenvalue weighted by Gasteiger charge is -1.99. The number of carbonyl (C=O) groups excluding carboxylic acids is 1. The third kappa shape index (κ3) is 3.69. The zero-order valence-electron chi connectivity index (χ0n) is 9.41. The van der Waals surface area contributed by atoms with E-state index in [1.54, 1.807) is 0 Å². The Balaban J connectivity index is 2.34. The van der Waals surface area contributed by atoms with Crippen LogP contribution in [0.3, 0.4) is 0 Å². The van der Waals surface area contributed by atoms with Gasteiger partial charge < -0.3 is 9.73 Å². The van der Waals surface area contributed by atoms with Gasteiger partial charge in [0.25, 0.3) is 0 Å². The molecule has 0 bridgehead atoms.